The van der Waals surface area contributed by atoms with Crippen molar-refractivity contribution >= 4 is 17.8 Å². The third-order valence-electron chi connectivity index (χ3n) is 1.06. The number of alkyl halides is 1. The van der Waals surface area contributed by atoms with Gasteiger partial charge in [0.1, 0.15) is 6.10 Å². The summed E-state index contributed by atoms with van der Waals surface area (Å²) in [4.78, 5) is 10.7. The first-order valence-corrected chi connectivity index (χ1v) is 4.28. The van der Waals surface area contributed by atoms with E-state index in [0.29, 0.717) is 6.61 Å². The van der Waals surface area contributed by atoms with Crippen LogP contribution in [0.15, 0.2) is 0 Å². The maximum Gasteiger partial charge on any atom is 0.508 e. The summed E-state index contributed by atoms with van der Waals surface area (Å²) >= 11 is 5.35. The molecule has 0 rings (SSSR count). The van der Waals surface area contributed by atoms with Crippen molar-refractivity contribution in [2.24, 2.45) is 0 Å². The Bertz CT molecular complexity index is 125. The molecule has 0 aliphatic heterocycles. The van der Waals surface area contributed by atoms with E-state index in [1.807, 2.05) is 6.92 Å². The third kappa shape index (κ3) is 5.21. The molecule has 0 heterocycles. The van der Waals surface area contributed by atoms with Crippen LogP contribution in [-0.2, 0) is 9.47 Å². The van der Waals surface area contributed by atoms with Crippen LogP contribution in [0.3, 0.4) is 0 Å². The Morgan fingerprint density at radius 3 is 2.75 bits per heavy atom. The number of carbonyl (C=O) groups excluding carboxylic acids is 1. The minimum absolute atomic E-state index is 0.0672. The highest BCUT2D eigenvalue weighted by Gasteiger charge is 2.12. The zero-order chi connectivity index (χ0) is 9.40. The summed E-state index contributed by atoms with van der Waals surface area (Å²) < 4.78 is 9.20. The quantitative estimate of drug-likeness (QED) is 0.530. The molecule has 0 saturated heterocycles. The first-order valence-electron chi connectivity index (χ1n) is 3.74. The molecule has 0 spiro atoms. The fraction of sp³-hybridized carbons (Fsp3) is 0.857. The third-order valence-corrected chi connectivity index (χ3v) is 1.41. The van der Waals surface area contributed by atoms with Gasteiger partial charge in [0, 0.05) is 0 Å². The highest BCUT2D eigenvalue weighted by Crippen LogP contribution is 1.97. The monoisotopic (exact) mass is 196 g/mol. The van der Waals surface area contributed by atoms with Crippen molar-refractivity contribution in [3.05, 3.63) is 0 Å². The largest absolute Gasteiger partial charge is 0.508 e. The molecule has 0 aromatic heterocycles. The van der Waals surface area contributed by atoms with Crippen LogP contribution in [0, 0.1) is 0 Å². The molecule has 1 N–H and O–H groups in total. The summed E-state index contributed by atoms with van der Waals surface area (Å²) in [6.45, 7) is 1.91. The van der Waals surface area contributed by atoms with Gasteiger partial charge in [-0.05, 0) is 6.42 Å². The molecule has 5 heteroatoms. The molecule has 0 aromatic carbocycles. The maximum absolute atomic E-state index is 10.7. The molecule has 12 heavy (non-hydrogen) atoms. The Kier molecular flexibility index (Phi) is 6.90. The number of carbonyl (C=O) groups is 1. The van der Waals surface area contributed by atoms with Gasteiger partial charge in [-0.1, -0.05) is 6.92 Å². The normalized spacial score (nSPS) is 12.2. The number of halogens is 1. The van der Waals surface area contributed by atoms with Gasteiger partial charge in [-0.3, -0.25) is 0 Å². The summed E-state index contributed by atoms with van der Waals surface area (Å²) in [5, 5.41) is 8.58. The minimum Gasteiger partial charge on any atom is -0.434 e. The molecule has 0 amide bonds. The lowest BCUT2D eigenvalue weighted by Gasteiger charge is -2.11. The van der Waals surface area contributed by atoms with Crippen LogP contribution < -0.4 is 0 Å². The van der Waals surface area contributed by atoms with E-state index in [-0.39, 0.29) is 12.5 Å². The van der Waals surface area contributed by atoms with E-state index in [4.69, 9.17) is 16.7 Å². The fourth-order valence-corrected chi connectivity index (χ4v) is 0.634. The average Bonchev–Trinajstić information content (AvgIpc) is 2.10. The summed E-state index contributed by atoms with van der Waals surface area (Å²) in [6, 6.07) is 0. The topological polar surface area (TPSA) is 55.8 Å². The Labute approximate surface area is 76.4 Å². The smallest absolute Gasteiger partial charge is 0.434 e. The van der Waals surface area contributed by atoms with Gasteiger partial charge in [0.05, 0.1) is 19.1 Å². The highest BCUT2D eigenvalue weighted by atomic mass is 35.5. The van der Waals surface area contributed by atoms with E-state index in [9.17, 15) is 4.79 Å². The molecule has 0 aliphatic carbocycles. The van der Waals surface area contributed by atoms with Crippen LogP contribution in [0.1, 0.15) is 13.3 Å². The van der Waals surface area contributed by atoms with Crippen molar-refractivity contribution in [1.82, 2.24) is 0 Å². The Morgan fingerprint density at radius 2 is 2.33 bits per heavy atom. The minimum atomic E-state index is -0.781. The second-order valence-electron chi connectivity index (χ2n) is 2.18. The van der Waals surface area contributed by atoms with E-state index in [1.165, 1.54) is 0 Å². The second-order valence-corrected chi connectivity index (χ2v) is 2.48. The second kappa shape index (κ2) is 7.18. The van der Waals surface area contributed by atoms with Gasteiger partial charge in [0.2, 0.25) is 0 Å². The van der Waals surface area contributed by atoms with Crippen LogP contribution in [0.4, 0.5) is 4.79 Å². The average molecular weight is 197 g/mol. The van der Waals surface area contributed by atoms with Crippen LogP contribution in [0.5, 0.6) is 0 Å². The van der Waals surface area contributed by atoms with Crippen molar-refractivity contribution in [3.63, 3.8) is 0 Å². The summed E-state index contributed by atoms with van der Waals surface area (Å²) in [7, 11) is 0. The highest BCUT2D eigenvalue weighted by molar-refractivity contribution is 6.18. The van der Waals surface area contributed by atoms with Crippen LogP contribution in [0.25, 0.3) is 0 Å². The number of hydrogen-bond acceptors (Lipinski definition) is 4. The Hall–Kier alpha value is -0.480. The molecule has 72 valence electrons. The van der Waals surface area contributed by atoms with Crippen molar-refractivity contribution in [1.29, 1.82) is 0 Å². The summed E-state index contributed by atoms with van der Waals surface area (Å²) in [5.74, 6) is 0.0672. The lowest BCUT2D eigenvalue weighted by molar-refractivity contribution is 0.0113. The predicted molar refractivity (Wildman–Crippen MR) is 44.3 cm³/mol. The molecule has 1 unspecified atom stereocenters. The van der Waals surface area contributed by atoms with E-state index in [1.54, 1.807) is 0 Å². The molecule has 4 nitrogen and oxygen atoms in total. The van der Waals surface area contributed by atoms with E-state index in [0.717, 1.165) is 6.42 Å². The maximum atomic E-state index is 10.7. The van der Waals surface area contributed by atoms with Gasteiger partial charge >= 0.3 is 6.16 Å². The molecular formula is C7H13ClO4. The molecule has 0 fully saturated rings. The number of aliphatic hydroxyl groups excluding tert-OH is 1. The molecule has 0 aromatic rings. The predicted octanol–water partition coefficient (Wildman–Crippen LogP) is 1.15. The van der Waals surface area contributed by atoms with Crippen molar-refractivity contribution in [3.8, 4) is 0 Å². The molecular weight excluding hydrogens is 184 g/mol. The molecule has 0 bridgehead atoms. The Balaban J connectivity index is 3.52. The van der Waals surface area contributed by atoms with Gasteiger partial charge in [-0.15, -0.1) is 11.6 Å². The lowest BCUT2D eigenvalue weighted by atomic mass is 10.4. The van der Waals surface area contributed by atoms with Gasteiger partial charge in [-0.2, -0.15) is 0 Å². The van der Waals surface area contributed by atoms with Gasteiger partial charge in [0.15, 0.2) is 0 Å². The van der Waals surface area contributed by atoms with Crippen LogP contribution in [0.2, 0.25) is 0 Å². The standard InChI is InChI=1S/C7H13ClO4/c1-2-3-11-7(10)12-6(4-8)5-9/h6,9H,2-5H2,1H3. The number of aliphatic hydroxyl groups is 1. The Morgan fingerprint density at radius 1 is 1.67 bits per heavy atom. The van der Waals surface area contributed by atoms with Gasteiger partial charge < -0.3 is 14.6 Å². The van der Waals surface area contributed by atoms with Gasteiger partial charge in [0.25, 0.3) is 0 Å². The van der Waals surface area contributed by atoms with Crippen molar-refractivity contribution in [2.75, 3.05) is 19.1 Å². The SMILES string of the molecule is CCCOC(=O)OC(CO)CCl. The lowest BCUT2D eigenvalue weighted by Crippen LogP contribution is -2.24. The van der Waals surface area contributed by atoms with E-state index in [2.05, 4.69) is 9.47 Å². The number of hydrogen-bond donors (Lipinski definition) is 1. The van der Waals surface area contributed by atoms with Crippen LogP contribution in [-0.4, -0.2) is 36.5 Å². The zero-order valence-corrected chi connectivity index (χ0v) is 7.71. The first-order chi connectivity index (χ1) is 5.74. The van der Waals surface area contributed by atoms with Crippen molar-refractivity contribution in [2.45, 2.75) is 19.4 Å². The number of ether oxygens (including phenoxy) is 2. The summed E-state index contributed by atoms with van der Waals surface area (Å²) in [6.07, 6.45) is -0.715. The molecule has 0 aliphatic rings. The number of rotatable bonds is 5. The molecule has 0 radical (unpaired) electrons. The molecule has 0 saturated carbocycles. The van der Waals surface area contributed by atoms with Crippen LogP contribution >= 0.6 is 11.6 Å². The van der Waals surface area contributed by atoms with Crippen molar-refractivity contribution < 1.29 is 19.4 Å². The first kappa shape index (κ1) is 11.5. The fourth-order valence-electron chi connectivity index (χ4n) is 0.473. The molecule has 1 atom stereocenters. The van der Waals surface area contributed by atoms with E-state index >= 15 is 0 Å². The van der Waals surface area contributed by atoms with Gasteiger partial charge in [-0.25, -0.2) is 4.79 Å². The zero-order valence-electron chi connectivity index (χ0n) is 6.96. The van der Waals surface area contributed by atoms with E-state index < -0.39 is 12.3 Å². The summed E-state index contributed by atoms with van der Waals surface area (Å²) in [5.41, 5.74) is 0.